The van der Waals surface area contributed by atoms with Gasteiger partial charge in [-0.25, -0.2) is 4.79 Å². The molecule has 1 aromatic carbocycles. The van der Waals surface area contributed by atoms with Crippen LogP contribution in [0, 0.1) is 17.8 Å². The lowest BCUT2D eigenvalue weighted by molar-refractivity contribution is -0.144. The Morgan fingerprint density at radius 1 is 1.15 bits per heavy atom. The Bertz CT molecular complexity index is 879. The fourth-order valence-corrected chi connectivity index (χ4v) is 4.69. The molecular weight excluding hydrogens is 344 g/mol. The minimum atomic E-state index is -0.511. The molecule has 0 spiro atoms. The predicted molar refractivity (Wildman–Crippen MR) is 97.8 cm³/mol. The van der Waals surface area contributed by atoms with Crippen molar-refractivity contribution in [1.82, 2.24) is 0 Å². The Balaban J connectivity index is 1.71. The van der Waals surface area contributed by atoms with Gasteiger partial charge in [-0.05, 0) is 32.1 Å². The fraction of sp³-hybridized carbons (Fsp3) is 0.409. The molecule has 0 bridgehead atoms. The van der Waals surface area contributed by atoms with Crippen LogP contribution in [0.3, 0.4) is 0 Å². The average Bonchev–Trinajstić information content (AvgIpc) is 3.05. The van der Waals surface area contributed by atoms with Gasteiger partial charge in [0.2, 0.25) is 0 Å². The molecule has 1 fully saturated rings. The van der Waals surface area contributed by atoms with Gasteiger partial charge in [-0.15, -0.1) is 0 Å². The van der Waals surface area contributed by atoms with E-state index in [0.717, 1.165) is 11.1 Å². The zero-order valence-electron chi connectivity index (χ0n) is 15.6. The van der Waals surface area contributed by atoms with Crippen LogP contribution in [0.25, 0.3) is 0 Å². The summed E-state index contributed by atoms with van der Waals surface area (Å²) >= 11 is 0. The fourth-order valence-electron chi connectivity index (χ4n) is 4.69. The maximum atomic E-state index is 12.6. The Labute approximate surface area is 158 Å². The molecule has 0 N–H and O–H groups in total. The van der Waals surface area contributed by atoms with E-state index in [9.17, 15) is 14.4 Å². The second-order valence-electron chi connectivity index (χ2n) is 7.71. The number of benzene rings is 1. The van der Waals surface area contributed by atoms with Crippen molar-refractivity contribution in [3.63, 3.8) is 0 Å². The van der Waals surface area contributed by atoms with Crippen LogP contribution in [0.4, 0.5) is 0 Å². The third-order valence-corrected chi connectivity index (χ3v) is 6.00. The molecule has 3 aliphatic rings. The maximum Gasteiger partial charge on any atom is 0.338 e. The number of carbonyl (C=O) groups excluding carboxylic acids is 3. The number of rotatable bonds is 2. The summed E-state index contributed by atoms with van der Waals surface area (Å²) in [6.07, 6.45) is 1.08. The number of esters is 2. The number of fused-ring (bicyclic) bond motifs is 3. The number of carbonyl (C=O) groups is 3. The van der Waals surface area contributed by atoms with Crippen molar-refractivity contribution in [2.24, 2.45) is 17.8 Å². The molecule has 0 amide bonds. The van der Waals surface area contributed by atoms with Crippen LogP contribution in [0.2, 0.25) is 0 Å². The van der Waals surface area contributed by atoms with Crippen LogP contribution in [0.1, 0.15) is 37.6 Å². The number of hydrogen-bond acceptors (Lipinski definition) is 5. The second-order valence-corrected chi connectivity index (χ2v) is 7.71. The lowest BCUT2D eigenvalue weighted by Gasteiger charge is -2.29. The number of ketones is 1. The largest absolute Gasteiger partial charge is 0.461 e. The van der Waals surface area contributed by atoms with E-state index in [-0.39, 0.29) is 29.5 Å². The molecule has 1 saturated heterocycles. The summed E-state index contributed by atoms with van der Waals surface area (Å²) in [6, 6.07) is 8.80. The minimum Gasteiger partial charge on any atom is -0.461 e. The summed E-state index contributed by atoms with van der Waals surface area (Å²) in [6.45, 7) is 5.61. The van der Waals surface area contributed by atoms with Crippen molar-refractivity contribution >= 4 is 17.7 Å². The number of hydrogen-bond donors (Lipinski definition) is 0. The van der Waals surface area contributed by atoms with Gasteiger partial charge in [0.05, 0.1) is 11.5 Å². The van der Waals surface area contributed by atoms with Gasteiger partial charge in [0, 0.05) is 23.8 Å². The summed E-state index contributed by atoms with van der Waals surface area (Å²) < 4.78 is 11.6. The zero-order chi connectivity index (χ0) is 19.3. The predicted octanol–water partition coefficient (Wildman–Crippen LogP) is 3.26. The van der Waals surface area contributed by atoms with Crippen molar-refractivity contribution in [3.05, 3.63) is 58.7 Å². The summed E-state index contributed by atoms with van der Waals surface area (Å²) in [7, 11) is 0. The molecule has 140 valence electrons. The monoisotopic (exact) mass is 366 g/mol. The van der Waals surface area contributed by atoms with Crippen molar-refractivity contribution in [2.45, 2.75) is 39.4 Å². The van der Waals surface area contributed by atoms with Gasteiger partial charge in [0.1, 0.15) is 12.2 Å². The lowest BCUT2D eigenvalue weighted by atomic mass is 9.79. The van der Waals surface area contributed by atoms with Gasteiger partial charge in [0.25, 0.3) is 0 Å². The number of allylic oxidation sites excluding steroid dienone is 1. The molecule has 0 aromatic heterocycles. The molecule has 1 aromatic rings. The Morgan fingerprint density at radius 3 is 2.56 bits per heavy atom. The van der Waals surface area contributed by atoms with Crippen molar-refractivity contribution in [2.75, 3.05) is 0 Å². The Morgan fingerprint density at radius 2 is 1.85 bits per heavy atom. The Hall–Kier alpha value is -2.69. The van der Waals surface area contributed by atoms with Crippen molar-refractivity contribution in [1.29, 1.82) is 0 Å². The van der Waals surface area contributed by atoms with Gasteiger partial charge in [-0.3, -0.25) is 9.59 Å². The molecular formula is C22H22O5. The Kier molecular flexibility index (Phi) is 4.25. The summed E-state index contributed by atoms with van der Waals surface area (Å²) in [5, 5.41) is 0. The first kappa shape index (κ1) is 17.7. The molecule has 1 heterocycles. The quantitative estimate of drug-likeness (QED) is 0.752. The standard InChI is InChI=1S/C22H22O5/c1-11-9-15(23)17-12(2)10-16(26-22(25)14-7-5-4-6-8-14)19-13(3)21(24)27-20(19)18(11)17/h4-9,13,16,18-20H,10H2,1-3H3/t13-,16-,18+,19+,20+/m1/s1. The molecule has 4 rings (SSSR count). The van der Waals surface area contributed by atoms with Crippen LogP contribution >= 0.6 is 0 Å². The van der Waals surface area contributed by atoms with Gasteiger partial charge in [-0.1, -0.05) is 36.3 Å². The van der Waals surface area contributed by atoms with Crippen LogP contribution in [0.5, 0.6) is 0 Å². The zero-order valence-corrected chi connectivity index (χ0v) is 15.6. The van der Waals surface area contributed by atoms with E-state index >= 15 is 0 Å². The molecule has 27 heavy (non-hydrogen) atoms. The molecule has 0 unspecified atom stereocenters. The highest BCUT2D eigenvalue weighted by molar-refractivity contribution is 6.09. The van der Waals surface area contributed by atoms with Crippen LogP contribution in [-0.2, 0) is 19.1 Å². The molecule has 5 atom stereocenters. The van der Waals surface area contributed by atoms with E-state index in [1.807, 2.05) is 26.8 Å². The molecule has 0 radical (unpaired) electrons. The van der Waals surface area contributed by atoms with Gasteiger partial charge in [-0.2, -0.15) is 0 Å². The normalized spacial score (nSPS) is 32.4. The highest BCUT2D eigenvalue weighted by atomic mass is 16.6. The van der Waals surface area contributed by atoms with E-state index in [2.05, 4.69) is 0 Å². The minimum absolute atomic E-state index is 0.0283. The highest BCUT2D eigenvalue weighted by Gasteiger charge is 2.55. The van der Waals surface area contributed by atoms with Gasteiger partial charge in [0.15, 0.2) is 5.78 Å². The van der Waals surface area contributed by atoms with E-state index in [0.29, 0.717) is 17.6 Å². The molecule has 2 aliphatic carbocycles. The van der Waals surface area contributed by atoms with Gasteiger partial charge < -0.3 is 9.47 Å². The van der Waals surface area contributed by atoms with Gasteiger partial charge >= 0.3 is 11.9 Å². The molecule has 1 aliphatic heterocycles. The van der Waals surface area contributed by atoms with E-state index < -0.39 is 18.2 Å². The summed E-state index contributed by atoms with van der Waals surface area (Å²) in [4.78, 5) is 37.5. The molecule has 0 saturated carbocycles. The summed E-state index contributed by atoms with van der Waals surface area (Å²) in [5.74, 6) is -1.65. The van der Waals surface area contributed by atoms with Crippen LogP contribution in [0.15, 0.2) is 53.1 Å². The summed E-state index contributed by atoms with van der Waals surface area (Å²) in [5.41, 5.74) is 2.97. The first-order valence-electron chi connectivity index (χ1n) is 9.27. The topological polar surface area (TPSA) is 69.7 Å². The average molecular weight is 366 g/mol. The highest BCUT2D eigenvalue weighted by Crippen LogP contribution is 2.48. The van der Waals surface area contributed by atoms with Crippen LogP contribution < -0.4 is 0 Å². The van der Waals surface area contributed by atoms with Crippen molar-refractivity contribution < 1.29 is 23.9 Å². The lowest BCUT2D eigenvalue weighted by Crippen LogP contribution is -2.38. The van der Waals surface area contributed by atoms with E-state index in [4.69, 9.17) is 9.47 Å². The second kappa shape index (κ2) is 6.48. The first-order chi connectivity index (χ1) is 12.9. The molecule has 5 heteroatoms. The third-order valence-electron chi connectivity index (χ3n) is 6.00. The number of ether oxygens (including phenoxy) is 2. The van der Waals surface area contributed by atoms with E-state index in [1.54, 1.807) is 30.3 Å². The van der Waals surface area contributed by atoms with Crippen molar-refractivity contribution in [3.8, 4) is 0 Å². The smallest absolute Gasteiger partial charge is 0.338 e. The maximum absolute atomic E-state index is 12.6. The van der Waals surface area contributed by atoms with E-state index in [1.165, 1.54) is 0 Å². The third kappa shape index (κ3) is 2.82. The SMILES string of the molecule is CC1=CC(=O)C2=C(C)C[C@@H](OC(=O)c3ccccc3)[C@H]3[C@@H](OC(=O)[C@@H]3C)[C@@H]12. The first-order valence-corrected chi connectivity index (χ1v) is 9.27. The molecule has 5 nitrogen and oxygen atoms in total. The van der Waals surface area contributed by atoms with Crippen LogP contribution in [-0.4, -0.2) is 29.9 Å².